The van der Waals surface area contributed by atoms with Gasteiger partial charge in [0.05, 0.1) is 20.1 Å². The first-order valence-corrected chi connectivity index (χ1v) is 13.6. The summed E-state index contributed by atoms with van der Waals surface area (Å²) in [5.41, 5.74) is 2.11. The molecule has 170 valence electrons. The smallest absolute Gasteiger partial charge is 0.136 e. The summed E-state index contributed by atoms with van der Waals surface area (Å²) in [6.45, 7) is 4.16. The number of aryl methyl sites for hydroxylation is 2. The van der Waals surface area contributed by atoms with E-state index in [0.29, 0.717) is 5.75 Å². The van der Waals surface area contributed by atoms with Gasteiger partial charge >= 0.3 is 0 Å². The van der Waals surface area contributed by atoms with Crippen LogP contribution in [0.15, 0.2) is 113 Å². The van der Waals surface area contributed by atoms with Crippen molar-refractivity contribution in [2.45, 2.75) is 23.8 Å². The van der Waals surface area contributed by atoms with Crippen LogP contribution in [0.1, 0.15) is 11.3 Å². The molecule has 3 nitrogen and oxygen atoms in total. The van der Waals surface area contributed by atoms with Gasteiger partial charge in [0.1, 0.15) is 21.6 Å². The fourth-order valence-electron chi connectivity index (χ4n) is 4.43. The number of methoxy groups -OCH3 is 1. The fraction of sp³-hybridized carbons (Fsp3) is 0.103. The standard InChI is InChI=1S/C29H26NO2PS/c1-21-20-22(2)30(33(24-13-6-4-7-14-24)25-15-8-5-9-16-25)29(21)34(31)28-26-17-11-10-12-23(26)18-19-27(28)32-3/h4-20H,1-3H3/t34-/m0/s1. The number of hydrogen-bond acceptors (Lipinski definition) is 2. The highest BCUT2D eigenvalue weighted by Gasteiger charge is 2.28. The number of benzene rings is 4. The summed E-state index contributed by atoms with van der Waals surface area (Å²) in [4.78, 5) is 0.721. The zero-order chi connectivity index (χ0) is 23.7. The van der Waals surface area contributed by atoms with E-state index in [-0.39, 0.29) is 0 Å². The molecule has 5 rings (SSSR count). The van der Waals surface area contributed by atoms with Crippen LogP contribution in [0.25, 0.3) is 10.8 Å². The van der Waals surface area contributed by atoms with Crippen LogP contribution in [-0.4, -0.2) is 15.7 Å². The summed E-state index contributed by atoms with van der Waals surface area (Å²) in [5.74, 6) is 0.644. The summed E-state index contributed by atoms with van der Waals surface area (Å²) >= 11 is 0. The van der Waals surface area contributed by atoms with Crippen LogP contribution >= 0.6 is 8.07 Å². The summed E-state index contributed by atoms with van der Waals surface area (Å²) in [6.07, 6.45) is 0. The lowest BCUT2D eigenvalue weighted by Crippen LogP contribution is -2.20. The summed E-state index contributed by atoms with van der Waals surface area (Å²) in [7, 11) is -0.771. The monoisotopic (exact) mass is 483 g/mol. The van der Waals surface area contributed by atoms with Crippen LogP contribution in [0.2, 0.25) is 0 Å². The Hall–Kier alpha value is -3.20. The summed E-state index contributed by atoms with van der Waals surface area (Å²) in [5, 5.41) is 5.25. The maximum Gasteiger partial charge on any atom is 0.136 e. The molecule has 0 aliphatic heterocycles. The summed E-state index contributed by atoms with van der Waals surface area (Å²) < 4.78 is 22.5. The minimum absolute atomic E-state index is 0.644. The molecule has 0 saturated carbocycles. The molecule has 0 saturated heterocycles. The van der Waals surface area contributed by atoms with Crippen molar-refractivity contribution in [2.75, 3.05) is 7.11 Å². The van der Waals surface area contributed by atoms with E-state index < -0.39 is 18.9 Å². The number of aromatic nitrogens is 1. The highest BCUT2D eigenvalue weighted by molar-refractivity contribution is 7.86. The molecule has 0 radical (unpaired) electrons. The molecule has 34 heavy (non-hydrogen) atoms. The topological polar surface area (TPSA) is 31.2 Å². The number of ether oxygens (including phenoxy) is 1. The van der Waals surface area contributed by atoms with Crippen molar-refractivity contribution in [3.63, 3.8) is 0 Å². The van der Waals surface area contributed by atoms with E-state index in [1.807, 2.05) is 48.5 Å². The van der Waals surface area contributed by atoms with Gasteiger partial charge in [0, 0.05) is 21.7 Å². The molecule has 1 atom stereocenters. The molecule has 4 aromatic carbocycles. The van der Waals surface area contributed by atoms with Crippen molar-refractivity contribution < 1.29 is 8.95 Å². The molecule has 0 spiro atoms. The Morgan fingerprint density at radius 2 is 1.35 bits per heavy atom. The van der Waals surface area contributed by atoms with Gasteiger partial charge in [0.15, 0.2) is 0 Å². The van der Waals surface area contributed by atoms with E-state index >= 15 is 0 Å². The van der Waals surface area contributed by atoms with Gasteiger partial charge < -0.3 is 9.07 Å². The lowest BCUT2D eigenvalue weighted by atomic mass is 10.1. The van der Waals surface area contributed by atoms with E-state index in [0.717, 1.165) is 32.0 Å². The lowest BCUT2D eigenvalue weighted by molar-refractivity contribution is 0.405. The average Bonchev–Trinajstić information content (AvgIpc) is 3.17. The van der Waals surface area contributed by atoms with Gasteiger partial charge in [-0.05, 0) is 36.9 Å². The summed E-state index contributed by atoms with van der Waals surface area (Å²) in [6, 6.07) is 35.2. The van der Waals surface area contributed by atoms with Crippen molar-refractivity contribution in [1.82, 2.24) is 4.34 Å². The minimum Gasteiger partial charge on any atom is -0.495 e. The first-order valence-electron chi connectivity index (χ1n) is 11.2. The van der Waals surface area contributed by atoms with Gasteiger partial charge in [-0.15, -0.1) is 0 Å². The zero-order valence-corrected chi connectivity index (χ0v) is 21.1. The van der Waals surface area contributed by atoms with Gasteiger partial charge in [0.2, 0.25) is 0 Å². The van der Waals surface area contributed by atoms with Crippen molar-refractivity contribution in [1.29, 1.82) is 0 Å². The van der Waals surface area contributed by atoms with Gasteiger partial charge in [-0.25, -0.2) is 4.21 Å². The molecule has 0 fully saturated rings. The van der Waals surface area contributed by atoms with Crippen LogP contribution in [-0.2, 0) is 10.8 Å². The number of nitrogens with zero attached hydrogens (tertiary/aromatic N) is 1. The SMILES string of the molecule is COc1ccc2ccccc2c1[S@](=O)c1c(C)cc(C)n1P(c1ccccc1)c1ccccc1. The van der Waals surface area contributed by atoms with Gasteiger partial charge in [-0.3, -0.25) is 0 Å². The Morgan fingerprint density at radius 3 is 1.97 bits per heavy atom. The second-order valence-electron chi connectivity index (χ2n) is 8.16. The van der Waals surface area contributed by atoms with Gasteiger partial charge in [-0.1, -0.05) is 91.0 Å². The van der Waals surface area contributed by atoms with Crippen molar-refractivity contribution >= 4 is 40.3 Å². The first-order chi connectivity index (χ1) is 16.6. The second-order valence-corrected chi connectivity index (χ2v) is 11.5. The van der Waals surface area contributed by atoms with Crippen molar-refractivity contribution in [3.05, 3.63) is 114 Å². The molecule has 0 aliphatic carbocycles. The molecule has 5 heteroatoms. The highest BCUT2D eigenvalue weighted by Crippen LogP contribution is 2.44. The van der Waals surface area contributed by atoms with E-state index in [4.69, 9.17) is 4.74 Å². The van der Waals surface area contributed by atoms with Crippen LogP contribution in [0, 0.1) is 13.8 Å². The van der Waals surface area contributed by atoms with Crippen LogP contribution < -0.4 is 15.3 Å². The molecule has 0 unspecified atom stereocenters. The number of rotatable bonds is 6. The third kappa shape index (κ3) is 3.98. The predicted octanol–water partition coefficient (Wildman–Crippen LogP) is 6.33. The fourth-order valence-corrected chi connectivity index (χ4v) is 8.84. The van der Waals surface area contributed by atoms with E-state index in [1.165, 1.54) is 10.6 Å². The van der Waals surface area contributed by atoms with E-state index in [9.17, 15) is 4.21 Å². The Kier molecular flexibility index (Phi) is 6.36. The van der Waals surface area contributed by atoms with Gasteiger partial charge in [-0.2, -0.15) is 0 Å². The van der Waals surface area contributed by atoms with Crippen LogP contribution in [0.5, 0.6) is 5.75 Å². The van der Waals surface area contributed by atoms with E-state index in [1.54, 1.807) is 7.11 Å². The lowest BCUT2D eigenvalue weighted by Gasteiger charge is -2.25. The third-order valence-electron chi connectivity index (χ3n) is 5.92. The molecule has 1 aromatic heterocycles. The molecule has 5 aromatic rings. The molecule has 0 aliphatic rings. The van der Waals surface area contributed by atoms with Crippen molar-refractivity contribution in [3.8, 4) is 5.75 Å². The number of fused-ring (bicyclic) bond motifs is 1. The Balaban J connectivity index is 1.78. The van der Waals surface area contributed by atoms with Gasteiger partial charge in [0.25, 0.3) is 0 Å². The highest BCUT2D eigenvalue weighted by atomic mass is 32.2. The molecular formula is C29H26NO2PS. The first kappa shape index (κ1) is 22.6. The largest absolute Gasteiger partial charge is 0.495 e. The quantitative estimate of drug-likeness (QED) is 0.264. The van der Waals surface area contributed by atoms with Crippen molar-refractivity contribution in [2.24, 2.45) is 0 Å². The number of hydrogen-bond donors (Lipinski definition) is 0. The van der Waals surface area contributed by atoms with Crippen LogP contribution in [0.3, 0.4) is 0 Å². The molecule has 0 bridgehead atoms. The second kappa shape index (κ2) is 9.58. The maximum atomic E-state index is 14.5. The third-order valence-corrected chi connectivity index (χ3v) is 10.2. The Bertz CT molecular complexity index is 1440. The predicted molar refractivity (Wildman–Crippen MR) is 144 cm³/mol. The minimum atomic E-state index is -1.45. The molecule has 0 amide bonds. The zero-order valence-electron chi connectivity index (χ0n) is 19.4. The van der Waals surface area contributed by atoms with E-state index in [2.05, 4.69) is 72.8 Å². The molecular weight excluding hydrogens is 457 g/mol. The van der Waals surface area contributed by atoms with Crippen LogP contribution in [0.4, 0.5) is 0 Å². The maximum absolute atomic E-state index is 14.5. The average molecular weight is 484 g/mol. The molecule has 1 heterocycles. The Labute approximate surface area is 204 Å². The Morgan fingerprint density at radius 1 is 0.765 bits per heavy atom. The molecule has 0 N–H and O–H groups in total. The normalized spacial score (nSPS) is 12.2.